The van der Waals surface area contributed by atoms with Crippen molar-refractivity contribution in [1.29, 1.82) is 0 Å². The molecule has 0 aliphatic heterocycles. The molecular weight excluding hydrogens is 568 g/mol. The average molecular weight is 605 g/mol. The van der Waals surface area contributed by atoms with Crippen molar-refractivity contribution in [2.75, 3.05) is 6.54 Å². The van der Waals surface area contributed by atoms with Gasteiger partial charge in [0.15, 0.2) is 5.96 Å². The lowest BCUT2D eigenvalue weighted by atomic mass is 10.0. The van der Waals surface area contributed by atoms with Crippen molar-refractivity contribution in [2.45, 2.75) is 62.7 Å². The van der Waals surface area contributed by atoms with Crippen LogP contribution in [0.2, 0.25) is 0 Å². The number of hydrogen-bond donors (Lipinski definition) is 10. The molecule has 2 aromatic rings. The van der Waals surface area contributed by atoms with Gasteiger partial charge in [-0.1, -0.05) is 18.2 Å². The molecule has 1 heterocycles. The summed E-state index contributed by atoms with van der Waals surface area (Å²) < 4.78 is 0. The van der Waals surface area contributed by atoms with Crippen LogP contribution in [0.25, 0.3) is 10.9 Å². The zero-order chi connectivity index (χ0) is 32.1. The topological polar surface area (TPSA) is 305 Å². The molecule has 0 saturated carbocycles. The normalized spacial score (nSPS) is 13.6. The van der Waals surface area contributed by atoms with Crippen LogP contribution < -0.4 is 33.2 Å². The monoisotopic (exact) mass is 604 g/mol. The van der Waals surface area contributed by atoms with Gasteiger partial charge in [0.05, 0.1) is 12.5 Å². The summed E-state index contributed by atoms with van der Waals surface area (Å²) in [5.41, 5.74) is 18.4. The zero-order valence-corrected chi connectivity index (χ0v) is 23.1. The first-order valence-electron chi connectivity index (χ1n) is 13.2. The van der Waals surface area contributed by atoms with Crippen molar-refractivity contribution in [2.24, 2.45) is 22.2 Å². The molecule has 17 heteroatoms. The number of aromatic amines is 1. The first-order chi connectivity index (χ1) is 20.3. The number of para-hydroxylation sites is 1. The van der Waals surface area contributed by atoms with Gasteiger partial charge < -0.3 is 53.5 Å². The summed E-state index contributed by atoms with van der Waals surface area (Å²) in [6, 6.07) is 1.63. The van der Waals surface area contributed by atoms with Gasteiger partial charge in [0.25, 0.3) is 0 Å². The molecule has 17 nitrogen and oxygen atoms in total. The van der Waals surface area contributed by atoms with Crippen LogP contribution in [0.1, 0.15) is 37.7 Å². The SMILES string of the molecule is NC(N)=NCCCC(NC(=O)C(N)Cc1c[nH]c2ccccc12)C(=O)NC(CCC(=O)O)C(=O)NC(CC(=O)O)C(=O)O. The second-order valence-electron chi connectivity index (χ2n) is 9.67. The molecule has 4 unspecified atom stereocenters. The third-order valence-corrected chi connectivity index (χ3v) is 6.30. The quantitative estimate of drug-likeness (QED) is 0.0500. The summed E-state index contributed by atoms with van der Waals surface area (Å²) in [5.74, 6) is -7.35. The molecule has 0 saturated heterocycles. The number of nitrogens with one attached hydrogen (secondary N) is 4. The molecule has 13 N–H and O–H groups in total. The molecule has 0 bridgehead atoms. The Morgan fingerprint density at radius 2 is 1.44 bits per heavy atom. The molecule has 1 aromatic carbocycles. The fourth-order valence-electron chi connectivity index (χ4n) is 4.14. The van der Waals surface area contributed by atoms with Crippen molar-refractivity contribution in [3.8, 4) is 0 Å². The first-order valence-corrected chi connectivity index (χ1v) is 13.2. The lowest BCUT2D eigenvalue weighted by Gasteiger charge is -2.25. The number of aromatic nitrogens is 1. The Balaban J connectivity index is 2.20. The number of H-pyrrole nitrogens is 1. The number of carboxylic acid groups (broad SMARTS) is 3. The summed E-state index contributed by atoms with van der Waals surface area (Å²) in [7, 11) is 0. The maximum atomic E-state index is 13.3. The van der Waals surface area contributed by atoms with E-state index in [1.54, 1.807) is 6.20 Å². The summed E-state index contributed by atoms with van der Waals surface area (Å²) >= 11 is 0. The van der Waals surface area contributed by atoms with E-state index in [2.05, 4.69) is 20.6 Å². The van der Waals surface area contributed by atoms with Crippen molar-refractivity contribution in [3.63, 3.8) is 0 Å². The van der Waals surface area contributed by atoms with Crippen LogP contribution in [0.3, 0.4) is 0 Å². The number of fused-ring (bicyclic) bond motifs is 1. The number of rotatable bonds is 18. The summed E-state index contributed by atoms with van der Waals surface area (Å²) in [4.78, 5) is 79.6. The lowest BCUT2D eigenvalue weighted by molar-refractivity contribution is -0.147. The number of aliphatic imine (C=N–C) groups is 1. The molecule has 1 aromatic heterocycles. The van der Waals surface area contributed by atoms with Crippen molar-refractivity contribution >= 4 is 52.5 Å². The minimum absolute atomic E-state index is 0.0157. The Morgan fingerprint density at radius 3 is 2.05 bits per heavy atom. The number of nitrogens with two attached hydrogens (primary N) is 3. The van der Waals surface area contributed by atoms with Crippen LogP contribution in [0.5, 0.6) is 0 Å². The van der Waals surface area contributed by atoms with E-state index < -0.39 is 79.1 Å². The summed E-state index contributed by atoms with van der Waals surface area (Å²) in [6.07, 6.45) is 0.0308. The molecule has 43 heavy (non-hydrogen) atoms. The number of carbonyl (C=O) groups excluding carboxylic acids is 3. The highest BCUT2D eigenvalue weighted by Gasteiger charge is 2.31. The second kappa shape index (κ2) is 16.3. The van der Waals surface area contributed by atoms with E-state index in [4.69, 9.17) is 27.4 Å². The van der Waals surface area contributed by atoms with Gasteiger partial charge >= 0.3 is 17.9 Å². The highest BCUT2D eigenvalue weighted by Crippen LogP contribution is 2.19. The Morgan fingerprint density at radius 1 is 0.837 bits per heavy atom. The van der Waals surface area contributed by atoms with Gasteiger partial charge in [-0.25, -0.2) is 4.79 Å². The van der Waals surface area contributed by atoms with Crippen molar-refractivity contribution < 1.29 is 44.1 Å². The van der Waals surface area contributed by atoms with E-state index in [9.17, 15) is 33.9 Å². The number of hydrogen-bond acceptors (Lipinski definition) is 8. The van der Waals surface area contributed by atoms with Gasteiger partial charge in [0.2, 0.25) is 17.7 Å². The Bertz CT molecular complexity index is 1360. The first kappa shape index (κ1) is 34.0. The average Bonchev–Trinajstić information content (AvgIpc) is 3.33. The van der Waals surface area contributed by atoms with E-state index in [0.717, 1.165) is 16.5 Å². The fourth-order valence-corrected chi connectivity index (χ4v) is 4.14. The lowest BCUT2D eigenvalue weighted by Crippen LogP contribution is -2.57. The van der Waals surface area contributed by atoms with Gasteiger partial charge in [-0.05, 0) is 37.3 Å². The van der Waals surface area contributed by atoms with Gasteiger partial charge in [0.1, 0.15) is 18.1 Å². The number of amides is 3. The van der Waals surface area contributed by atoms with Crippen LogP contribution in [0.4, 0.5) is 0 Å². The molecule has 0 aliphatic carbocycles. The van der Waals surface area contributed by atoms with Gasteiger partial charge in [-0.3, -0.25) is 29.0 Å². The van der Waals surface area contributed by atoms with E-state index >= 15 is 0 Å². The third-order valence-electron chi connectivity index (χ3n) is 6.30. The molecule has 0 spiro atoms. The Kier molecular flexibility index (Phi) is 12.9. The zero-order valence-electron chi connectivity index (χ0n) is 23.1. The van der Waals surface area contributed by atoms with Crippen molar-refractivity contribution in [3.05, 3.63) is 36.0 Å². The minimum Gasteiger partial charge on any atom is -0.481 e. The maximum absolute atomic E-state index is 13.3. The van der Waals surface area contributed by atoms with Gasteiger partial charge in [-0.15, -0.1) is 0 Å². The highest BCUT2D eigenvalue weighted by molar-refractivity contribution is 5.95. The van der Waals surface area contributed by atoms with Crippen LogP contribution in [0, 0.1) is 0 Å². The van der Waals surface area contributed by atoms with Crippen LogP contribution >= 0.6 is 0 Å². The predicted octanol–water partition coefficient (Wildman–Crippen LogP) is -2.03. The fraction of sp³-hybridized carbons (Fsp3) is 0.423. The van der Waals surface area contributed by atoms with E-state index in [-0.39, 0.29) is 31.8 Å². The second-order valence-corrected chi connectivity index (χ2v) is 9.67. The number of benzene rings is 1. The molecule has 0 radical (unpaired) electrons. The largest absolute Gasteiger partial charge is 0.481 e. The molecule has 0 fully saturated rings. The minimum atomic E-state index is -1.84. The summed E-state index contributed by atoms with van der Waals surface area (Å²) in [5, 5.41) is 35.0. The molecule has 2 rings (SSSR count). The Hall–Kier alpha value is -5.19. The highest BCUT2D eigenvalue weighted by atomic mass is 16.4. The van der Waals surface area contributed by atoms with E-state index in [1.165, 1.54) is 0 Å². The summed E-state index contributed by atoms with van der Waals surface area (Å²) in [6.45, 7) is 0.0990. The number of nitrogens with zero attached hydrogens (tertiary/aromatic N) is 1. The van der Waals surface area contributed by atoms with E-state index in [0.29, 0.717) is 0 Å². The molecule has 234 valence electrons. The van der Waals surface area contributed by atoms with Crippen LogP contribution in [0.15, 0.2) is 35.5 Å². The van der Waals surface area contributed by atoms with Gasteiger partial charge in [0, 0.05) is 30.1 Å². The number of aliphatic carboxylic acids is 3. The Labute approximate surface area is 245 Å². The molecule has 4 atom stereocenters. The molecule has 0 aliphatic rings. The van der Waals surface area contributed by atoms with Crippen LogP contribution in [-0.2, 0) is 35.2 Å². The number of carboxylic acids is 3. The van der Waals surface area contributed by atoms with Crippen LogP contribution in [-0.4, -0.2) is 92.6 Å². The standard InChI is InChI=1S/C26H36N8O9/c27-15(10-13-12-31-16-5-2-1-4-14(13)16)22(39)32-17(6-3-9-30-26(28)29)23(40)33-18(7-8-20(35)36)24(41)34-19(25(42)43)11-21(37)38/h1-2,4-5,12,15,17-19,31H,3,6-11,27H2,(H,32,39)(H,33,40)(H,34,41)(H,35,36)(H,37,38)(H,42,43)(H4,28,29,30). The van der Waals surface area contributed by atoms with Gasteiger partial charge in [-0.2, -0.15) is 0 Å². The smallest absolute Gasteiger partial charge is 0.326 e. The molecular formula is C26H36N8O9. The van der Waals surface area contributed by atoms with Crippen molar-refractivity contribution in [1.82, 2.24) is 20.9 Å². The number of carbonyl (C=O) groups is 6. The maximum Gasteiger partial charge on any atom is 0.326 e. The third kappa shape index (κ3) is 11.3. The number of guanidine groups is 1. The molecule has 3 amide bonds. The van der Waals surface area contributed by atoms with E-state index in [1.807, 2.05) is 29.6 Å². The predicted molar refractivity (Wildman–Crippen MR) is 152 cm³/mol.